The van der Waals surface area contributed by atoms with Crippen molar-refractivity contribution in [1.29, 1.82) is 0 Å². The van der Waals surface area contributed by atoms with Crippen LogP contribution in [0.15, 0.2) is 48.5 Å². The zero-order valence-electron chi connectivity index (χ0n) is 16.9. The van der Waals surface area contributed by atoms with Crippen molar-refractivity contribution in [3.8, 4) is 11.5 Å². The van der Waals surface area contributed by atoms with Gasteiger partial charge < -0.3 is 19.7 Å². The predicted molar refractivity (Wildman–Crippen MR) is 108 cm³/mol. The van der Waals surface area contributed by atoms with E-state index < -0.39 is 0 Å². The van der Waals surface area contributed by atoms with Gasteiger partial charge in [-0.15, -0.1) is 0 Å². The minimum Gasteiger partial charge on any atom is -0.497 e. The number of nitrogens with zero attached hydrogens (tertiary/aromatic N) is 1. The van der Waals surface area contributed by atoms with Gasteiger partial charge in [0.25, 0.3) is 0 Å². The van der Waals surface area contributed by atoms with Crippen molar-refractivity contribution >= 4 is 6.03 Å². The Hall–Kier alpha value is -2.69. The van der Waals surface area contributed by atoms with E-state index >= 15 is 0 Å². The van der Waals surface area contributed by atoms with E-state index in [1.54, 1.807) is 26.2 Å². The molecule has 0 heterocycles. The minimum atomic E-state index is -0.110. The van der Waals surface area contributed by atoms with Gasteiger partial charge in [-0.05, 0) is 35.6 Å². The third kappa shape index (κ3) is 6.20. The zero-order valence-corrected chi connectivity index (χ0v) is 16.9. The molecule has 0 saturated carbocycles. The fourth-order valence-electron chi connectivity index (χ4n) is 2.99. The lowest BCUT2D eigenvalue weighted by atomic mass is 9.86. The number of amides is 2. The lowest BCUT2D eigenvalue weighted by Gasteiger charge is -2.27. The highest BCUT2D eigenvalue weighted by Crippen LogP contribution is 2.25. The molecule has 0 atom stereocenters. The molecule has 2 rings (SSSR count). The van der Waals surface area contributed by atoms with Gasteiger partial charge in [0.2, 0.25) is 0 Å². The molecular weight excluding hydrogens is 340 g/mol. The van der Waals surface area contributed by atoms with Crippen LogP contribution in [0, 0.1) is 5.41 Å². The first-order valence-corrected chi connectivity index (χ1v) is 9.08. The largest absolute Gasteiger partial charge is 0.497 e. The average molecular weight is 370 g/mol. The van der Waals surface area contributed by atoms with Crippen LogP contribution < -0.4 is 14.8 Å². The highest BCUT2D eigenvalue weighted by atomic mass is 16.5. The van der Waals surface area contributed by atoms with E-state index in [2.05, 4.69) is 31.3 Å². The molecule has 2 amide bonds. The van der Waals surface area contributed by atoms with Crippen LogP contribution in [-0.4, -0.2) is 38.7 Å². The van der Waals surface area contributed by atoms with Crippen LogP contribution in [-0.2, 0) is 13.0 Å². The first-order chi connectivity index (χ1) is 12.8. The molecule has 0 fully saturated rings. The van der Waals surface area contributed by atoms with Gasteiger partial charge >= 0.3 is 6.03 Å². The van der Waals surface area contributed by atoms with Crippen molar-refractivity contribution in [3.05, 3.63) is 59.7 Å². The number of hydrogen-bond acceptors (Lipinski definition) is 3. The highest BCUT2D eigenvalue weighted by Gasteiger charge is 2.21. The van der Waals surface area contributed by atoms with Crippen LogP contribution in [0.4, 0.5) is 4.79 Å². The summed E-state index contributed by atoms with van der Waals surface area (Å²) in [5, 5.41) is 3.04. The third-order valence-corrected chi connectivity index (χ3v) is 4.49. The fraction of sp³-hybridized carbons (Fsp3) is 0.409. The van der Waals surface area contributed by atoms with Gasteiger partial charge in [0.05, 0.1) is 20.8 Å². The van der Waals surface area contributed by atoms with Crippen LogP contribution in [0.2, 0.25) is 0 Å². The van der Waals surface area contributed by atoms with Crippen LogP contribution in [0.1, 0.15) is 25.0 Å². The van der Waals surface area contributed by atoms with E-state index in [4.69, 9.17) is 9.47 Å². The van der Waals surface area contributed by atoms with Crippen molar-refractivity contribution < 1.29 is 14.3 Å². The number of methoxy groups -OCH3 is 2. The Morgan fingerprint density at radius 1 is 1.07 bits per heavy atom. The molecule has 0 saturated heterocycles. The van der Waals surface area contributed by atoms with Gasteiger partial charge in [-0.2, -0.15) is 0 Å². The fourth-order valence-corrected chi connectivity index (χ4v) is 2.99. The summed E-state index contributed by atoms with van der Waals surface area (Å²) < 4.78 is 10.7. The lowest BCUT2D eigenvalue weighted by Crippen LogP contribution is -2.42. The molecule has 0 aliphatic carbocycles. The summed E-state index contributed by atoms with van der Waals surface area (Å²) in [6, 6.07) is 15.8. The maximum absolute atomic E-state index is 12.5. The summed E-state index contributed by atoms with van der Waals surface area (Å²) in [7, 11) is 5.02. The molecule has 2 aromatic carbocycles. The second-order valence-electron chi connectivity index (χ2n) is 7.52. The second kappa shape index (κ2) is 9.31. The number of rotatable bonds is 8. The molecule has 27 heavy (non-hydrogen) atoms. The quantitative estimate of drug-likeness (QED) is 0.761. The molecule has 0 spiro atoms. The summed E-state index contributed by atoms with van der Waals surface area (Å²) in [5.74, 6) is 1.48. The van der Waals surface area contributed by atoms with Crippen LogP contribution in [0.25, 0.3) is 0 Å². The number of carbonyl (C=O) groups is 1. The van der Waals surface area contributed by atoms with Crippen molar-refractivity contribution in [3.63, 3.8) is 0 Å². The van der Waals surface area contributed by atoms with Gasteiger partial charge in [0.15, 0.2) is 0 Å². The van der Waals surface area contributed by atoms with Gasteiger partial charge in [-0.25, -0.2) is 4.79 Å². The zero-order chi connectivity index (χ0) is 19.9. The van der Waals surface area contributed by atoms with Gasteiger partial charge in [0.1, 0.15) is 11.5 Å². The molecule has 5 nitrogen and oxygen atoms in total. The molecule has 0 radical (unpaired) electrons. The topological polar surface area (TPSA) is 50.8 Å². The molecule has 0 aromatic heterocycles. The normalized spacial score (nSPS) is 11.0. The Morgan fingerprint density at radius 2 is 1.78 bits per heavy atom. The number of carbonyl (C=O) groups excluding carboxylic acids is 1. The number of nitrogens with one attached hydrogen (secondary N) is 1. The molecule has 0 unspecified atom stereocenters. The minimum absolute atomic E-state index is 0.0362. The summed E-state index contributed by atoms with van der Waals surface area (Å²) >= 11 is 0. The average Bonchev–Trinajstić information content (AvgIpc) is 2.66. The van der Waals surface area contributed by atoms with Gasteiger partial charge in [-0.3, -0.25) is 0 Å². The summed E-state index contributed by atoms with van der Waals surface area (Å²) in [4.78, 5) is 14.2. The summed E-state index contributed by atoms with van der Waals surface area (Å²) in [6.45, 7) is 5.35. The molecule has 0 aliphatic rings. The van der Waals surface area contributed by atoms with Gasteiger partial charge in [-0.1, -0.05) is 44.2 Å². The van der Waals surface area contributed by atoms with Crippen molar-refractivity contribution in [2.24, 2.45) is 5.41 Å². The first-order valence-electron chi connectivity index (χ1n) is 9.08. The van der Waals surface area contributed by atoms with E-state index in [0.29, 0.717) is 13.1 Å². The van der Waals surface area contributed by atoms with E-state index in [1.165, 1.54) is 5.56 Å². The Balaban J connectivity index is 1.93. The Kier molecular flexibility index (Phi) is 7.11. The summed E-state index contributed by atoms with van der Waals surface area (Å²) in [5.41, 5.74) is 2.13. The maximum Gasteiger partial charge on any atom is 0.317 e. The first kappa shape index (κ1) is 20.6. The molecule has 2 aromatic rings. The molecule has 146 valence electrons. The second-order valence-corrected chi connectivity index (χ2v) is 7.52. The third-order valence-electron chi connectivity index (χ3n) is 4.49. The number of hydrogen-bond donors (Lipinski definition) is 1. The molecule has 5 heteroatoms. The Bertz CT molecular complexity index is 744. The highest BCUT2D eigenvalue weighted by molar-refractivity contribution is 5.74. The van der Waals surface area contributed by atoms with E-state index in [9.17, 15) is 4.79 Å². The van der Waals surface area contributed by atoms with E-state index in [0.717, 1.165) is 23.5 Å². The molecule has 1 N–H and O–H groups in total. The number of urea groups is 1. The van der Waals surface area contributed by atoms with Crippen LogP contribution in [0.5, 0.6) is 11.5 Å². The number of benzene rings is 2. The van der Waals surface area contributed by atoms with E-state index in [1.807, 2.05) is 36.4 Å². The predicted octanol–water partition coefficient (Wildman–Crippen LogP) is 4.11. The Morgan fingerprint density at radius 3 is 2.41 bits per heavy atom. The van der Waals surface area contributed by atoms with Crippen LogP contribution >= 0.6 is 0 Å². The SMILES string of the molecule is COc1ccc(OC)c(CN(C)C(=O)NCC(C)(C)Cc2ccccc2)c1. The standard InChI is InChI=1S/C22H30N2O3/c1-22(2,14-17-9-7-6-8-10-17)16-23-21(25)24(3)15-18-13-19(26-4)11-12-20(18)27-5/h6-13H,14-16H2,1-5H3,(H,23,25). The monoisotopic (exact) mass is 370 g/mol. The Labute approximate surface area is 162 Å². The van der Waals surface area contributed by atoms with Crippen LogP contribution in [0.3, 0.4) is 0 Å². The molecule has 0 bridgehead atoms. The smallest absolute Gasteiger partial charge is 0.317 e. The van der Waals surface area contributed by atoms with E-state index in [-0.39, 0.29) is 11.4 Å². The molecule has 0 aliphatic heterocycles. The van der Waals surface area contributed by atoms with Gasteiger partial charge in [0, 0.05) is 19.2 Å². The molecular formula is C22H30N2O3. The van der Waals surface area contributed by atoms with Crippen molar-refractivity contribution in [1.82, 2.24) is 10.2 Å². The van der Waals surface area contributed by atoms with Crippen molar-refractivity contribution in [2.75, 3.05) is 27.8 Å². The lowest BCUT2D eigenvalue weighted by molar-refractivity contribution is 0.199. The number of ether oxygens (including phenoxy) is 2. The summed E-state index contributed by atoms with van der Waals surface area (Å²) in [6.07, 6.45) is 0.904. The van der Waals surface area contributed by atoms with Crippen molar-refractivity contribution in [2.45, 2.75) is 26.8 Å². The maximum atomic E-state index is 12.5.